The minimum absolute atomic E-state index is 0.689. The number of piperazine rings is 1. The molecule has 2 fully saturated rings. The van der Waals surface area contributed by atoms with Crippen LogP contribution in [-0.2, 0) is 0 Å². The van der Waals surface area contributed by atoms with Gasteiger partial charge in [0.25, 0.3) is 0 Å². The van der Waals surface area contributed by atoms with Crippen LogP contribution in [0.2, 0.25) is 0 Å². The molecule has 0 saturated carbocycles. The fourth-order valence-electron chi connectivity index (χ4n) is 2.60. The molecule has 0 aromatic carbocycles. The van der Waals surface area contributed by atoms with Gasteiger partial charge in [0.05, 0.1) is 0 Å². The van der Waals surface area contributed by atoms with Crippen molar-refractivity contribution in [3.8, 4) is 0 Å². The molecule has 2 unspecified atom stereocenters. The van der Waals surface area contributed by atoms with Gasteiger partial charge in [-0.3, -0.25) is 5.43 Å². The first kappa shape index (κ1) is 12.3. The maximum Gasteiger partial charge on any atom is 0.0259 e. The Morgan fingerprint density at radius 2 is 1.69 bits per heavy atom. The Hall–Kier alpha value is -0.160. The SMILES string of the molecule is CC1CC(NN2CCN(C)CC2)CCN1C. The standard InChI is InChI=1S/C12H26N4/c1-11-10-12(4-5-15(11)3)13-16-8-6-14(2)7-9-16/h11-13H,4-10H2,1-3H3. The highest BCUT2D eigenvalue weighted by molar-refractivity contribution is 4.81. The lowest BCUT2D eigenvalue weighted by Crippen LogP contribution is -2.56. The lowest BCUT2D eigenvalue weighted by atomic mass is 10.00. The van der Waals surface area contributed by atoms with Crippen molar-refractivity contribution in [3.05, 3.63) is 0 Å². The normalized spacial score (nSPS) is 35.4. The van der Waals surface area contributed by atoms with Gasteiger partial charge in [0.2, 0.25) is 0 Å². The Balaban J connectivity index is 1.73. The number of nitrogens with zero attached hydrogens (tertiary/aromatic N) is 3. The summed E-state index contributed by atoms with van der Waals surface area (Å²) in [6.07, 6.45) is 2.57. The molecule has 4 nitrogen and oxygen atoms in total. The van der Waals surface area contributed by atoms with Crippen LogP contribution in [0.1, 0.15) is 19.8 Å². The average Bonchev–Trinajstić information content (AvgIpc) is 2.27. The van der Waals surface area contributed by atoms with E-state index in [1.54, 1.807) is 0 Å². The topological polar surface area (TPSA) is 21.8 Å². The maximum atomic E-state index is 3.71. The number of likely N-dealkylation sites (tertiary alicyclic amines) is 1. The van der Waals surface area contributed by atoms with Gasteiger partial charge in [-0.2, -0.15) is 0 Å². The third-order valence-electron chi connectivity index (χ3n) is 4.08. The number of hydrazine groups is 1. The first-order valence-corrected chi connectivity index (χ1v) is 6.55. The van der Waals surface area contributed by atoms with E-state index < -0.39 is 0 Å². The molecule has 0 spiro atoms. The van der Waals surface area contributed by atoms with Gasteiger partial charge in [-0.1, -0.05) is 0 Å². The molecule has 2 rings (SSSR count). The summed E-state index contributed by atoms with van der Waals surface area (Å²) < 4.78 is 0. The van der Waals surface area contributed by atoms with Crippen molar-refractivity contribution < 1.29 is 0 Å². The first-order chi connectivity index (χ1) is 7.65. The molecule has 2 aliphatic rings. The van der Waals surface area contributed by atoms with Crippen molar-refractivity contribution in [2.75, 3.05) is 46.8 Å². The maximum absolute atomic E-state index is 3.71. The minimum Gasteiger partial charge on any atom is -0.304 e. The van der Waals surface area contributed by atoms with Gasteiger partial charge in [0.15, 0.2) is 0 Å². The summed E-state index contributed by atoms with van der Waals surface area (Å²) in [5.41, 5.74) is 3.71. The largest absolute Gasteiger partial charge is 0.304 e. The molecule has 0 radical (unpaired) electrons. The zero-order valence-corrected chi connectivity index (χ0v) is 10.9. The van der Waals surface area contributed by atoms with Crippen LogP contribution >= 0.6 is 0 Å². The molecule has 4 heteroatoms. The Kier molecular flexibility index (Phi) is 4.19. The highest BCUT2D eigenvalue weighted by Gasteiger charge is 2.24. The van der Waals surface area contributed by atoms with Gasteiger partial charge in [-0.15, -0.1) is 0 Å². The van der Waals surface area contributed by atoms with Gasteiger partial charge >= 0.3 is 0 Å². The van der Waals surface area contributed by atoms with Crippen LogP contribution in [0.25, 0.3) is 0 Å². The smallest absolute Gasteiger partial charge is 0.0259 e. The number of hydrogen-bond donors (Lipinski definition) is 1. The van der Waals surface area contributed by atoms with Gasteiger partial charge in [-0.25, -0.2) is 5.01 Å². The fourth-order valence-corrected chi connectivity index (χ4v) is 2.60. The number of hydrogen-bond acceptors (Lipinski definition) is 4. The summed E-state index contributed by atoms with van der Waals surface area (Å²) in [7, 11) is 4.44. The Morgan fingerprint density at radius 1 is 1.00 bits per heavy atom. The Morgan fingerprint density at radius 3 is 2.31 bits per heavy atom. The van der Waals surface area contributed by atoms with E-state index in [-0.39, 0.29) is 0 Å². The van der Waals surface area contributed by atoms with Crippen molar-refractivity contribution in [1.29, 1.82) is 0 Å². The van der Waals surface area contributed by atoms with Gasteiger partial charge < -0.3 is 9.80 Å². The average molecular weight is 226 g/mol. The summed E-state index contributed by atoms with van der Waals surface area (Å²) in [6.45, 7) is 8.27. The second-order valence-electron chi connectivity index (χ2n) is 5.47. The van der Waals surface area contributed by atoms with Crippen molar-refractivity contribution in [1.82, 2.24) is 20.2 Å². The summed E-state index contributed by atoms with van der Waals surface area (Å²) in [5.74, 6) is 0. The van der Waals surface area contributed by atoms with Crippen molar-refractivity contribution >= 4 is 0 Å². The zero-order chi connectivity index (χ0) is 11.5. The fraction of sp³-hybridized carbons (Fsp3) is 1.00. The third kappa shape index (κ3) is 3.17. The van der Waals surface area contributed by atoms with Crippen molar-refractivity contribution in [3.63, 3.8) is 0 Å². The predicted octanol–water partition coefficient (Wildman–Crippen LogP) is 0.221. The third-order valence-corrected chi connectivity index (χ3v) is 4.08. The molecule has 16 heavy (non-hydrogen) atoms. The second kappa shape index (κ2) is 5.45. The molecule has 0 amide bonds. The van der Waals surface area contributed by atoms with Crippen LogP contribution in [0.4, 0.5) is 0 Å². The van der Waals surface area contributed by atoms with Crippen LogP contribution in [-0.4, -0.2) is 73.7 Å². The summed E-state index contributed by atoms with van der Waals surface area (Å²) in [4.78, 5) is 4.86. The number of rotatable bonds is 2. The molecule has 0 aromatic heterocycles. The molecular formula is C12H26N4. The number of nitrogens with one attached hydrogen (secondary N) is 1. The summed E-state index contributed by atoms with van der Waals surface area (Å²) in [6, 6.07) is 1.41. The number of piperidine rings is 1. The summed E-state index contributed by atoms with van der Waals surface area (Å²) in [5, 5.41) is 2.42. The molecule has 94 valence electrons. The van der Waals surface area contributed by atoms with Crippen molar-refractivity contribution in [2.45, 2.75) is 31.8 Å². The lowest BCUT2D eigenvalue weighted by Gasteiger charge is -2.40. The van der Waals surface area contributed by atoms with E-state index in [0.29, 0.717) is 6.04 Å². The van der Waals surface area contributed by atoms with Crippen LogP contribution < -0.4 is 5.43 Å². The van der Waals surface area contributed by atoms with Gasteiger partial charge in [0, 0.05) is 38.3 Å². The van der Waals surface area contributed by atoms with Crippen LogP contribution in [0.5, 0.6) is 0 Å². The highest BCUT2D eigenvalue weighted by Crippen LogP contribution is 2.15. The van der Waals surface area contributed by atoms with E-state index in [0.717, 1.165) is 19.1 Å². The first-order valence-electron chi connectivity index (χ1n) is 6.55. The summed E-state index contributed by atoms with van der Waals surface area (Å²) >= 11 is 0. The molecule has 0 aromatic rings. The molecule has 1 N–H and O–H groups in total. The molecule has 0 bridgehead atoms. The predicted molar refractivity (Wildman–Crippen MR) is 67.3 cm³/mol. The quantitative estimate of drug-likeness (QED) is 0.727. The van der Waals surface area contributed by atoms with Crippen molar-refractivity contribution in [2.24, 2.45) is 0 Å². The monoisotopic (exact) mass is 226 g/mol. The van der Waals surface area contributed by atoms with E-state index in [4.69, 9.17) is 0 Å². The van der Waals surface area contributed by atoms with E-state index in [2.05, 4.69) is 41.3 Å². The van der Waals surface area contributed by atoms with E-state index in [1.165, 1.54) is 32.5 Å². The second-order valence-corrected chi connectivity index (χ2v) is 5.47. The Bertz CT molecular complexity index is 213. The molecular weight excluding hydrogens is 200 g/mol. The highest BCUT2D eigenvalue weighted by atomic mass is 15.5. The Labute approximate surface area is 99.5 Å². The van der Waals surface area contributed by atoms with E-state index >= 15 is 0 Å². The van der Waals surface area contributed by atoms with Crippen LogP contribution in [0.15, 0.2) is 0 Å². The molecule has 2 aliphatic heterocycles. The minimum atomic E-state index is 0.689. The van der Waals surface area contributed by atoms with Gasteiger partial charge in [0.1, 0.15) is 0 Å². The molecule has 2 atom stereocenters. The van der Waals surface area contributed by atoms with E-state index in [1.807, 2.05) is 0 Å². The van der Waals surface area contributed by atoms with Crippen LogP contribution in [0, 0.1) is 0 Å². The molecule has 2 saturated heterocycles. The van der Waals surface area contributed by atoms with Crippen LogP contribution in [0.3, 0.4) is 0 Å². The van der Waals surface area contributed by atoms with E-state index in [9.17, 15) is 0 Å². The zero-order valence-electron chi connectivity index (χ0n) is 10.9. The lowest BCUT2D eigenvalue weighted by molar-refractivity contribution is 0.0590. The van der Waals surface area contributed by atoms with Gasteiger partial charge in [-0.05, 0) is 40.4 Å². The number of likely N-dealkylation sites (N-methyl/N-ethyl adjacent to an activating group) is 1. The molecule has 0 aliphatic carbocycles. The molecule has 2 heterocycles.